The molecule has 4 rings (SSSR count). The normalized spacial score (nSPS) is 13.3. The van der Waals surface area contributed by atoms with Gasteiger partial charge in [-0.2, -0.15) is 0 Å². The van der Waals surface area contributed by atoms with Crippen molar-refractivity contribution in [3.8, 4) is 11.4 Å². The molecule has 1 aliphatic rings. The molecule has 0 aliphatic heterocycles. The lowest BCUT2D eigenvalue weighted by Crippen LogP contribution is -2.34. The van der Waals surface area contributed by atoms with Gasteiger partial charge < -0.3 is 25.8 Å². The van der Waals surface area contributed by atoms with E-state index in [1.807, 2.05) is 57.2 Å². The number of aliphatic hydroxyl groups excluding tert-OH is 1. The molecule has 1 fully saturated rings. The molecule has 0 atom stereocenters. The Morgan fingerprint density at radius 1 is 1.18 bits per heavy atom. The molecule has 4 N–H and O–H groups in total. The Hall–Kier alpha value is -3.69. The molecule has 9 nitrogen and oxygen atoms in total. The van der Waals surface area contributed by atoms with Gasteiger partial charge in [-0.15, -0.1) is 0 Å². The first-order valence-corrected chi connectivity index (χ1v) is 13.2. The van der Waals surface area contributed by atoms with E-state index in [2.05, 4.69) is 20.9 Å². The van der Waals surface area contributed by atoms with Gasteiger partial charge in [0, 0.05) is 42.7 Å². The zero-order valence-electron chi connectivity index (χ0n) is 22.3. The highest BCUT2D eigenvalue weighted by Crippen LogP contribution is 2.32. The second-order valence-corrected chi connectivity index (χ2v) is 9.96. The molecule has 0 radical (unpaired) electrons. The Kier molecular flexibility index (Phi) is 8.81. The maximum absolute atomic E-state index is 13.7. The predicted octanol–water partition coefficient (Wildman–Crippen LogP) is 3.00. The lowest BCUT2D eigenvalue weighted by molar-refractivity contribution is 0.0951. The Balaban J connectivity index is 1.60. The summed E-state index contributed by atoms with van der Waals surface area (Å²) in [6.45, 7) is 7.59. The molecular formula is C29H37N5O4. The quantitative estimate of drug-likeness (QED) is 0.257. The van der Waals surface area contributed by atoms with Crippen LogP contribution in [0.3, 0.4) is 0 Å². The topological polar surface area (TPSA) is 118 Å². The largest absolute Gasteiger partial charge is 0.492 e. The van der Waals surface area contributed by atoms with Crippen LogP contribution in [0.15, 0.2) is 59.7 Å². The SMILES string of the molecule is CCc1ccc(C(=O)NC2CC2)cc1-n1ccnc(NC(C)(C)c2ccccc2OCCNCCO)c1=O. The highest BCUT2D eigenvalue weighted by molar-refractivity contribution is 5.95. The van der Waals surface area contributed by atoms with Gasteiger partial charge >= 0.3 is 0 Å². The Morgan fingerprint density at radius 3 is 2.71 bits per heavy atom. The summed E-state index contributed by atoms with van der Waals surface area (Å²) in [7, 11) is 0. The third-order valence-corrected chi connectivity index (χ3v) is 6.56. The summed E-state index contributed by atoms with van der Waals surface area (Å²) < 4.78 is 7.55. The lowest BCUT2D eigenvalue weighted by Gasteiger charge is -2.29. The second-order valence-electron chi connectivity index (χ2n) is 9.96. The Morgan fingerprint density at radius 2 is 1.97 bits per heavy atom. The number of anilines is 1. The first-order chi connectivity index (χ1) is 18.3. The van der Waals surface area contributed by atoms with Crippen LogP contribution in [0, 0.1) is 0 Å². The van der Waals surface area contributed by atoms with E-state index in [0.717, 1.165) is 24.0 Å². The summed E-state index contributed by atoms with van der Waals surface area (Å²) in [5.74, 6) is 0.780. The molecule has 1 aliphatic carbocycles. The first-order valence-electron chi connectivity index (χ1n) is 13.2. The van der Waals surface area contributed by atoms with Gasteiger partial charge in [-0.1, -0.05) is 31.2 Å². The smallest absolute Gasteiger partial charge is 0.297 e. The minimum Gasteiger partial charge on any atom is -0.492 e. The van der Waals surface area contributed by atoms with E-state index in [4.69, 9.17) is 9.84 Å². The molecule has 1 aromatic heterocycles. The van der Waals surface area contributed by atoms with Crippen LogP contribution in [0.5, 0.6) is 5.75 Å². The molecule has 1 saturated carbocycles. The van der Waals surface area contributed by atoms with Crippen molar-refractivity contribution in [1.29, 1.82) is 0 Å². The summed E-state index contributed by atoms with van der Waals surface area (Å²) in [6, 6.07) is 13.4. The van der Waals surface area contributed by atoms with Crippen LogP contribution in [-0.4, -0.2) is 52.9 Å². The van der Waals surface area contributed by atoms with Gasteiger partial charge in [-0.3, -0.25) is 14.2 Å². The standard InChI is InChI=1S/C29H37N5O4/c1-4-20-9-10-21(27(36)32-22-11-12-22)19-24(20)34-16-13-31-26(28(34)37)33-29(2,3)23-7-5-6-8-25(23)38-18-15-30-14-17-35/h5-10,13,16,19,22,30,35H,4,11-12,14-15,17-18H2,1-3H3,(H,31,33)(H,32,36). The number of nitrogens with zero attached hydrogens (tertiary/aromatic N) is 2. The van der Waals surface area contributed by atoms with Crippen molar-refractivity contribution in [2.24, 2.45) is 0 Å². The number of hydrogen-bond acceptors (Lipinski definition) is 7. The van der Waals surface area contributed by atoms with Crippen molar-refractivity contribution < 1.29 is 14.6 Å². The van der Waals surface area contributed by atoms with Crippen LogP contribution in [0.2, 0.25) is 0 Å². The number of rotatable bonds is 13. The van der Waals surface area contributed by atoms with Gasteiger partial charge in [0.05, 0.1) is 17.8 Å². The van der Waals surface area contributed by atoms with Crippen molar-refractivity contribution >= 4 is 11.7 Å². The number of aliphatic hydroxyl groups is 1. The molecule has 0 bridgehead atoms. The number of ether oxygens (including phenoxy) is 1. The number of amides is 1. The highest BCUT2D eigenvalue weighted by Gasteiger charge is 2.27. The van der Waals surface area contributed by atoms with Crippen LogP contribution in [0.4, 0.5) is 5.82 Å². The molecule has 3 aromatic rings. The molecule has 0 spiro atoms. The molecule has 9 heteroatoms. The van der Waals surface area contributed by atoms with Crippen molar-refractivity contribution in [3.63, 3.8) is 0 Å². The maximum Gasteiger partial charge on any atom is 0.297 e. The monoisotopic (exact) mass is 519 g/mol. The molecule has 2 aromatic carbocycles. The number of hydrogen-bond donors (Lipinski definition) is 4. The van der Waals surface area contributed by atoms with Crippen molar-refractivity contribution in [3.05, 3.63) is 81.9 Å². The maximum atomic E-state index is 13.7. The fourth-order valence-electron chi connectivity index (χ4n) is 4.32. The van der Waals surface area contributed by atoms with Gasteiger partial charge in [-0.05, 0) is 56.9 Å². The van der Waals surface area contributed by atoms with E-state index < -0.39 is 5.54 Å². The van der Waals surface area contributed by atoms with E-state index in [1.165, 1.54) is 0 Å². The third-order valence-electron chi connectivity index (χ3n) is 6.56. The number of carbonyl (C=O) groups is 1. The molecule has 202 valence electrons. The number of aromatic nitrogens is 2. The number of aryl methyl sites for hydroxylation is 1. The molecule has 0 saturated heterocycles. The zero-order chi connectivity index (χ0) is 27.1. The van der Waals surface area contributed by atoms with Crippen molar-refractivity contribution in [2.45, 2.75) is 51.6 Å². The van der Waals surface area contributed by atoms with E-state index in [9.17, 15) is 9.59 Å². The minimum absolute atomic E-state index is 0.0762. The summed E-state index contributed by atoms with van der Waals surface area (Å²) in [5.41, 5.74) is 2.05. The second kappa shape index (κ2) is 12.2. The van der Waals surface area contributed by atoms with Crippen LogP contribution in [0.1, 0.15) is 55.1 Å². The zero-order valence-corrected chi connectivity index (χ0v) is 22.3. The van der Waals surface area contributed by atoms with Gasteiger partial charge in [0.2, 0.25) is 0 Å². The number of benzene rings is 2. The molecule has 0 unspecified atom stereocenters. The average Bonchev–Trinajstić information content (AvgIpc) is 3.73. The minimum atomic E-state index is -0.681. The van der Waals surface area contributed by atoms with Crippen molar-refractivity contribution in [2.75, 3.05) is 31.6 Å². The Bertz CT molecular complexity index is 1320. The molecular weight excluding hydrogens is 482 g/mol. The highest BCUT2D eigenvalue weighted by atomic mass is 16.5. The molecule has 1 amide bonds. The fraction of sp³-hybridized carbons (Fsp3) is 0.414. The summed E-state index contributed by atoms with van der Waals surface area (Å²) in [5, 5.41) is 18.4. The number of nitrogens with one attached hydrogen (secondary N) is 3. The van der Waals surface area contributed by atoms with Gasteiger partial charge in [0.25, 0.3) is 11.5 Å². The van der Waals surface area contributed by atoms with Gasteiger partial charge in [0.1, 0.15) is 12.4 Å². The van der Waals surface area contributed by atoms with Crippen LogP contribution in [-0.2, 0) is 12.0 Å². The third kappa shape index (κ3) is 6.59. The summed E-state index contributed by atoms with van der Waals surface area (Å²) in [4.78, 5) is 30.7. The van der Waals surface area contributed by atoms with Crippen LogP contribution in [0.25, 0.3) is 5.69 Å². The number of para-hydroxylation sites is 1. The van der Waals surface area contributed by atoms with Crippen LogP contribution < -0.4 is 26.2 Å². The van der Waals surface area contributed by atoms with Gasteiger partial charge in [0.15, 0.2) is 5.82 Å². The van der Waals surface area contributed by atoms with E-state index in [-0.39, 0.29) is 29.9 Å². The fourth-order valence-corrected chi connectivity index (χ4v) is 4.32. The van der Waals surface area contributed by atoms with Crippen molar-refractivity contribution in [1.82, 2.24) is 20.2 Å². The molecule has 1 heterocycles. The van der Waals surface area contributed by atoms with Crippen LogP contribution >= 0.6 is 0 Å². The predicted molar refractivity (Wildman–Crippen MR) is 148 cm³/mol. The average molecular weight is 520 g/mol. The summed E-state index contributed by atoms with van der Waals surface area (Å²) in [6.07, 6.45) is 5.95. The Labute approximate surface area is 223 Å². The van der Waals surface area contributed by atoms with E-state index in [0.29, 0.717) is 43.1 Å². The van der Waals surface area contributed by atoms with E-state index in [1.54, 1.807) is 23.0 Å². The van der Waals surface area contributed by atoms with E-state index >= 15 is 0 Å². The molecule has 38 heavy (non-hydrogen) atoms. The number of carbonyl (C=O) groups excluding carboxylic acids is 1. The first kappa shape index (κ1) is 27.3. The summed E-state index contributed by atoms with van der Waals surface area (Å²) >= 11 is 0. The lowest BCUT2D eigenvalue weighted by atomic mass is 9.93. The van der Waals surface area contributed by atoms with Gasteiger partial charge in [-0.25, -0.2) is 4.98 Å².